The molecule has 4 aromatic rings. The SMILES string of the molecule is CC(C)(C)c1ccn2nc(-c3ccc4cc(C(C)(C)C)[nH]c4c3)cc2c1. The summed E-state index contributed by atoms with van der Waals surface area (Å²) in [5.74, 6) is 0. The smallest absolute Gasteiger partial charge is 0.0934 e. The van der Waals surface area contributed by atoms with Crippen LogP contribution in [0.5, 0.6) is 0 Å². The molecule has 1 aromatic carbocycles. The summed E-state index contributed by atoms with van der Waals surface area (Å²) in [6, 6.07) is 15.4. The molecule has 4 rings (SSSR count). The second-order valence-corrected chi connectivity index (χ2v) is 9.30. The van der Waals surface area contributed by atoms with E-state index in [0.29, 0.717) is 0 Å². The molecule has 1 N–H and O–H groups in total. The standard InChI is InChI=1S/C23H27N3/c1-22(2,3)17-9-10-26-18(13-17)14-20(25-26)15-7-8-16-12-21(23(4,5)6)24-19(16)11-15/h7-14,24H,1-6H3. The molecule has 0 bridgehead atoms. The summed E-state index contributed by atoms with van der Waals surface area (Å²) in [5.41, 5.74) is 7.28. The van der Waals surface area contributed by atoms with Gasteiger partial charge in [0.2, 0.25) is 0 Å². The van der Waals surface area contributed by atoms with Gasteiger partial charge in [-0.05, 0) is 46.7 Å². The highest BCUT2D eigenvalue weighted by molar-refractivity contribution is 5.85. The Morgan fingerprint density at radius 2 is 1.62 bits per heavy atom. The Balaban J connectivity index is 1.79. The van der Waals surface area contributed by atoms with Gasteiger partial charge in [-0.25, -0.2) is 4.52 Å². The molecule has 26 heavy (non-hydrogen) atoms. The Labute approximate surface area is 155 Å². The first-order chi connectivity index (χ1) is 12.1. The molecule has 0 amide bonds. The Hall–Kier alpha value is -2.55. The molecule has 3 nitrogen and oxygen atoms in total. The van der Waals surface area contributed by atoms with Crippen LogP contribution in [0, 0.1) is 0 Å². The number of pyridine rings is 1. The lowest BCUT2D eigenvalue weighted by Gasteiger charge is -2.18. The summed E-state index contributed by atoms with van der Waals surface area (Å²) in [4.78, 5) is 3.57. The van der Waals surface area contributed by atoms with Crippen LogP contribution in [0.4, 0.5) is 0 Å². The highest BCUT2D eigenvalue weighted by Gasteiger charge is 2.17. The third-order valence-electron chi connectivity index (χ3n) is 5.06. The van der Waals surface area contributed by atoms with E-state index >= 15 is 0 Å². The van der Waals surface area contributed by atoms with E-state index in [9.17, 15) is 0 Å². The lowest BCUT2D eigenvalue weighted by atomic mass is 9.87. The number of aromatic amines is 1. The number of hydrogen-bond acceptors (Lipinski definition) is 1. The van der Waals surface area contributed by atoms with Crippen molar-refractivity contribution in [3.63, 3.8) is 0 Å². The summed E-state index contributed by atoms with van der Waals surface area (Å²) in [7, 11) is 0. The fourth-order valence-corrected chi connectivity index (χ4v) is 3.29. The number of aromatic nitrogens is 3. The molecule has 3 heterocycles. The van der Waals surface area contributed by atoms with Crippen LogP contribution in [0.25, 0.3) is 27.7 Å². The minimum absolute atomic E-state index is 0.117. The predicted molar refractivity (Wildman–Crippen MR) is 110 cm³/mol. The van der Waals surface area contributed by atoms with Crippen molar-refractivity contribution in [3.05, 3.63) is 59.9 Å². The molecule has 0 fully saturated rings. The zero-order valence-corrected chi connectivity index (χ0v) is 16.5. The molecule has 0 aliphatic rings. The molecule has 0 spiro atoms. The molecular weight excluding hydrogens is 318 g/mol. The molecule has 0 aliphatic heterocycles. The minimum Gasteiger partial charge on any atom is -0.358 e. The molecule has 134 valence electrons. The van der Waals surface area contributed by atoms with Gasteiger partial charge in [-0.2, -0.15) is 5.10 Å². The van der Waals surface area contributed by atoms with Gasteiger partial charge in [0.05, 0.1) is 11.2 Å². The average molecular weight is 345 g/mol. The highest BCUT2D eigenvalue weighted by atomic mass is 15.2. The van der Waals surface area contributed by atoms with Crippen LogP contribution in [0.2, 0.25) is 0 Å². The number of benzene rings is 1. The summed E-state index contributed by atoms with van der Waals surface area (Å²) in [5, 5.41) is 6.02. The largest absolute Gasteiger partial charge is 0.358 e. The summed E-state index contributed by atoms with van der Waals surface area (Å²) in [6.07, 6.45) is 2.06. The summed E-state index contributed by atoms with van der Waals surface area (Å²) < 4.78 is 1.96. The van der Waals surface area contributed by atoms with Gasteiger partial charge < -0.3 is 4.98 Å². The predicted octanol–water partition coefficient (Wildman–Crippen LogP) is 6.08. The topological polar surface area (TPSA) is 33.1 Å². The monoisotopic (exact) mass is 345 g/mol. The quantitative estimate of drug-likeness (QED) is 0.446. The maximum atomic E-state index is 4.77. The number of rotatable bonds is 1. The normalized spacial score (nSPS) is 13.0. The summed E-state index contributed by atoms with van der Waals surface area (Å²) in [6.45, 7) is 13.4. The number of nitrogens with zero attached hydrogens (tertiary/aromatic N) is 2. The van der Waals surface area contributed by atoms with Crippen molar-refractivity contribution in [1.82, 2.24) is 14.6 Å². The van der Waals surface area contributed by atoms with Crippen LogP contribution in [0.3, 0.4) is 0 Å². The fraction of sp³-hybridized carbons (Fsp3) is 0.348. The lowest BCUT2D eigenvalue weighted by molar-refractivity contribution is 0.574. The van der Waals surface area contributed by atoms with Crippen LogP contribution in [0.15, 0.2) is 48.7 Å². The van der Waals surface area contributed by atoms with Gasteiger partial charge in [0.1, 0.15) is 0 Å². The number of fused-ring (bicyclic) bond motifs is 2. The van der Waals surface area contributed by atoms with Gasteiger partial charge in [0, 0.05) is 28.4 Å². The van der Waals surface area contributed by atoms with Crippen LogP contribution in [-0.4, -0.2) is 14.6 Å². The third kappa shape index (κ3) is 2.92. The van der Waals surface area contributed by atoms with Gasteiger partial charge >= 0.3 is 0 Å². The fourth-order valence-electron chi connectivity index (χ4n) is 3.29. The summed E-state index contributed by atoms with van der Waals surface area (Å²) >= 11 is 0. The van der Waals surface area contributed by atoms with Gasteiger partial charge in [0.15, 0.2) is 0 Å². The number of nitrogens with one attached hydrogen (secondary N) is 1. The second kappa shape index (κ2) is 5.47. The third-order valence-corrected chi connectivity index (χ3v) is 5.06. The maximum Gasteiger partial charge on any atom is 0.0934 e. The van der Waals surface area contributed by atoms with Crippen LogP contribution in [0.1, 0.15) is 52.8 Å². The van der Waals surface area contributed by atoms with Gasteiger partial charge in [-0.1, -0.05) is 53.7 Å². The Bertz CT molecular complexity index is 1090. The van der Waals surface area contributed by atoms with Gasteiger partial charge in [-0.15, -0.1) is 0 Å². The first kappa shape index (κ1) is 16.9. The van der Waals surface area contributed by atoms with E-state index < -0.39 is 0 Å². The van der Waals surface area contributed by atoms with Gasteiger partial charge in [-0.3, -0.25) is 0 Å². The molecule has 0 atom stereocenters. The zero-order valence-electron chi connectivity index (χ0n) is 16.5. The van der Waals surface area contributed by atoms with E-state index in [-0.39, 0.29) is 10.8 Å². The van der Waals surface area contributed by atoms with E-state index in [0.717, 1.165) is 16.8 Å². The van der Waals surface area contributed by atoms with Crippen LogP contribution >= 0.6 is 0 Å². The number of H-pyrrole nitrogens is 1. The Morgan fingerprint density at radius 1 is 0.846 bits per heavy atom. The van der Waals surface area contributed by atoms with Gasteiger partial charge in [0.25, 0.3) is 0 Å². The first-order valence-corrected chi connectivity index (χ1v) is 9.25. The maximum absolute atomic E-state index is 4.77. The lowest BCUT2D eigenvalue weighted by Crippen LogP contribution is -2.11. The molecule has 0 aliphatic carbocycles. The van der Waals surface area contributed by atoms with Crippen LogP contribution in [-0.2, 0) is 10.8 Å². The Morgan fingerprint density at radius 3 is 2.31 bits per heavy atom. The molecule has 0 saturated carbocycles. The molecule has 0 radical (unpaired) electrons. The van der Waals surface area contributed by atoms with Crippen molar-refractivity contribution in [3.8, 4) is 11.3 Å². The van der Waals surface area contributed by atoms with E-state index in [1.54, 1.807) is 0 Å². The van der Waals surface area contributed by atoms with E-state index in [4.69, 9.17) is 5.10 Å². The number of hydrogen-bond donors (Lipinski definition) is 1. The van der Waals surface area contributed by atoms with Crippen molar-refractivity contribution in [2.24, 2.45) is 0 Å². The van der Waals surface area contributed by atoms with Crippen molar-refractivity contribution < 1.29 is 0 Å². The van der Waals surface area contributed by atoms with Crippen molar-refractivity contribution >= 4 is 16.4 Å². The second-order valence-electron chi connectivity index (χ2n) is 9.30. The highest BCUT2D eigenvalue weighted by Crippen LogP contribution is 2.30. The average Bonchev–Trinajstić information content (AvgIpc) is 3.16. The van der Waals surface area contributed by atoms with Crippen molar-refractivity contribution in [1.29, 1.82) is 0 Å². The molecule has 3 heteroatoms. The zero-order chi connectivity index (χ0) is 18.7. The van der Waals surface area contributed by atoms with Crippen molar-refractivity contribution in [2.75, 3.05) is 0 Å². The molecular formula is C23H27N3. The van der Waals surface area contributed by atoms with Crippen LogP contribution < -0.4 is 0 Å². The molecule has 0 saturated heterocycles. The Kier molecular flexibility index (Phi) is 3.56. The van der Waals surface area contributed by atoms with E-state index in [1.165, 1.54) is 22.2 Å². The molecule has 3 aromatic heterocycles. The minimum atomic E-state index is 0.117. The van der Waals surface area contributed by atoms with E-state index in [2.05, 4.69) is 95.2 Å². The molecule has 0 unspecified atom stereocenters. The first-order valence-electron chi connectivity index (χ1n) is 9.25. The van der Waals surface area contributed by atoms with Crippen molar-refractivity contribution in [2.45, 2.75) is 52.4 Å². The van der Waals surface area contributed by atoms with E-state index in [1.807, 2.05) is 4.52 Å².